The number of nitrogen functional groups attached to an aromatic ring is 1. The number of ether oxygens (including phenoxy) is 1. The Morgan fingerprint density at radius 2 is 2.18 bits per heavy atom. The van der Waals surface area contributed by atoms with E-state index >= 15 is 0 Å². The van der Waals surface area contributed by atoms with Gasteiger partial charge in [0.15, 0.2) is 0 Å². The number of hydrogen-bond donors (Lipinski definition) is 1. The first kappa shape index (κ1) is 13.9. The van der Waals surface area contributed by atoms with E-state index in [-0.39, 0.29) is 16.8 Å². The Labute approximate surface area is 101 Å². The molecule has 0 aliphatic rings. The van der Waals surface area contributed by atoms with Gasteiger partial charge in [-0.05, 0) is 19.1 Å². The van der Waals surface area contributed by atoms with E-state index < -0.39 is 10.0 Å². The molecular formula is C10H17N3O3S. The highest BCUT2D eigenvalue weighted by molar-refractivity contribution is 7.89. The zero-order valence-electron chi connectivity index (χ0n) is 10.1. The second-order valence-electron chi connectivity index (χ2n) is 3.74. The summed E-state index contributed by atoms with van der Waals surface area (Å²) in [7, 11) is -0.503. The molecule has 7 heteroatoms. The molecule has 0 spiro atoms. The Morgan fingerprint density at radius 3 is 2.65 bits per heavy atom. The van der Waals surface area contributed by atoms with Crippen LogP contribution in [0.2, 0.25) is 0 Å². The molecule has 0 bridgehead atoms. The lowest BCUT2D eigenvalue weighted by Crippen LogP contribution is -2.37. The van der Waals surface area contributed by atoms with E-state index in [0.29, 0.717) is 6.61 Å². The molecular weight excluding hydrogens is 242 g/mol. The van der Waals surface area contributed by atoms with Crippen molar-refractivity contribution in [1.82, 2.24) is 9.29 Å². The number of rotatable bonds is 5. The number of nitrogens with zero attached hydrogens (tertiary/aromatic N) is 2. The largest absolute Gasteiger partial charge is 0.384 e. The quantitative estimate of drug-likeness (QED) is 0.823. The molecule has 0 saturated carbocycles. The number of methoxy groups -OCH3 is 1. The summed E-state index contributed by atoms with van der Waals surface area (Å²) in [6.07, 6.45) is 1.25. The smallest absolute Gasteiger partial charge is 0.244 e. The van der Waals surface area contributed by atoms with Crippen molar-refractivity contribution >= 4 is 15.8 Å². The topological polar surface area (TPSA) is 85.5 Å². The number of anilines is 1. The number of pyridine rings is 1. The molecule has 1 unspecified atom stereocenters. The molecule has 0 fully saturated rings. The normalized spacial score (nSPS) is 13.9. The summed E-state index contributed by atoms with van der Waals surface area (Å²) in [5.41, 5.74) is 5.41. The molecule has 6 nitrogen and oxygen atoms in total. The lowest BCUT2D eigenvalue weighted by atomic mass is 10.4. The maximum atomic E-state index is 12.1. The van der Waals surface area contributed by atoms with Crippen molar-refractivity contribution in [3.8, 4) is 0 Å². The van der Waals surface area contributed by atoms with E-state index in [0.717, 1.165) is 0 Å². The lowest BCUT2D eigenvalue weighted by Gasteiger charge is -2.23. The minimum atomic E-state index is -3.54. The minimum Gasteiger partial charge on any atom is -0.384 e. The van der Waals surface area contributed by atoms with Crippen LogP contribution in [0.15, 0.2) is 23.2 Å². The van der Waals surface area contributed by atoms with Gasteiger partial charge in [-0.15, -0.1) is 0 Å². The Bertz CT molecular complexity index is 458. The maximum Gasteiger partial charge on any atom is 0.244 e. The summed E-state index contributed by atoms with van der Waals surface area (Å²) in [4.78, 5) is 3.90. The monoisotopic (exact) mass is 259 g/mol. The van der Waals surface area contributed by atoms with Crippen LogP contribution in [-0.2, 0) is 14.8 Å². The summed E-state index contributed by atoms with van der Waals surface area (Å²) in [6, 6.07) is 2.65. The van der Waals surface area contributed by atoms with Gasteiger partial charge in [0.25, 0.3) is 0 Å². The summed E-state index contributed by atoms with van der Waals surface area (Å²) >= 11 is 0. The van der Waals surface area contributed by atoms with Crippen molar-refractivity contribution in [3.05, 3.63) is 18.3 Å². The van der Waals surface area contributed by atoms with Gasteiger partial charge in [0.05, 0.1) is 6.61 Å². The third-order valence-corrected chi connectivity index (χ3v) is 4.42. The van der Waals surface area contributed by atoms with Gasteiger partial charge in [0, 0.05) is 26.4 Å². The minimum absolute atomic E-state index is 0.122. The van der Waals surface area contributed by atoms with Crippen molar-refractivity contribution in [2.75, 3.05) is 26.5 Å². The van der Waals surface area contributed by atoms with Crippen molar-refractivity contribution in [2.24, 2.45) is 0 Å². The van der Waals surface area contributed by atoms with Crippen LogP contribution in [-0.4, -0.2) is 44.5 Å². The first-order valence-electron chi connectivity index (χ1n) is 5.08. The van der Waals surface area contributed by atoms with Crippen molar-refractivity contribution in [2.45, 2.75) is 17.9 Å². The molecule has 1 heterocycles. The van der Waals surface area contributed by atoms with Gasteiger partial charge < -0.3 is 10.5 Å². The SMILES string of the molecule is COCC(C)N(C)S(=O)(=O)c1ccc(N)nc1. The predicted molar refractivity (Wildman–Crippen MR) is 64.9 cm³/mol. The molecule has 0 aromatic carbocycles. The number of aromatic nitrogens is 1. The first-order chi connectivity index (χ1) is 7.89. The standard InChI is InChI=1S/C10H17N3O3S/c1-8(7-16-3)13(2)17(14,15)9-4-5-10(11)12-6-9/h4-6,8H,7H2,1-3H3,(H2,11,12). The average molecular weight is 259 g/mol. The molecule has 1 aromatic heterocycles. The molecule has 0 amide bonds. The average Bonchev–Trinajstić information content (AvgIpc) is 2.29. The Kier molecular flexibility index (Phi) is 4.44. The number of nitrogens with two attached hydrogens (primary N) is 1. The zero-order valence-corrected chi connectivity index (χ0v) is 10.9. The molecule has 1 atom stereocenters. The van der Waals surface area contributed by atoms with Gasteiger partial charge in [-0.3, -0.25) is 0 Å². The van der Waals surface area contributed by atoms with Crippen molar-refractivity contribution in [1.29, 1.82) is 0 Å². The molecule has 0 saturated heterocycles. The van der Waals surface area contributed by atoms with Crippen LogP contribution >= 0.6 is 0 Å². The molecule has 1 aromatic rings. The second kappa shape index (κ2) is 5.44. The molecule has 1 rings (SSSR count). The molecule has 17 heavy (non-hydrogen) atoms. The van der Waals surface area contributed by atoms with Crippen LogP contribution in [0, 0.1) is 0 Å². The molecule has 2 N–H and O–H groups in total. The fourth-order valence-corrected chi connectivity index (χ4v) is 2.59. The Hall–Kier alpha value is -1.18. The van der Waals surface area contributed by atoms with Crippen LogP contribution in [0.1, 0.15) is 6.92 Å². The molecule has 0 radical (unpaired) electrons. The van der Waals surface area contributed by atoms with Crippen LogP contribution < -0.4 is 5.73 Å². The number of hydrogen-bond acceptors (Lipinski definition) is 5. The third kappa shape index (κ3) is 3.15. The Morgan fingerprint density at radius 1 is 1.53 bits per heavy atom. The van der Waals surface area contributed by atoms with E-state index in [2.05, 4.69) is 4.98 Å². The van der Waals surface area contributed by atoms with Crippen LogP contribution in [0.4, 0.5) is 5.82 Å². The highest BCUT2D eigenvalue weighted by atomic mass is 32.2. The first-order valence-corrected chi connectivity index (χ1v) is 6.52. The summed E-state index contributed by atoms with van der Waals surface area (Å²) < 4.78 is 30.5. The number of sulfonamides is 1. The molecule has 96 valence electrons. The van der Waals surface area contributed by atoms with Gasteiger partial charge in [-0.2, -0.15) is 4.31 Å². The predicted octanol–water partition coefficient (Wildman–Crippen LogP) is 0.319. The second-order valence-corrected chi connectivity index (χ2v) is 5.74. The van der Waals surface area contributed by atoms with Gasteiger partial charge in [0.2, 0.25) is 10.0 Å². The molecule has 0 aliphatic carbocycles. The summed E-state index contributed by atoms with van der Waals surface area (Å²) in [6.45, 7) is 2.10. The van der Waals surface area contributed by atoms with Gasteiger partial charge in [0.1, 0.15) is 10.7 Å². The fraction of sp³-hybridized carbons (Fsp3) is 0.500. The van der Waals surface area contributed by atoms with Gasteiger partial charge in [-0.25, -0.2) is 13.4 Å². The maximum absolute atomic E-state index is 12.1. The van der Waals surface area contributed by atoms with E-state index in [4.69, 9.17) is 10.5 Å². The zero-order chi connectivity index (χ0) is 13.1. The highest BCUT2D eigenvalue weighted by Crippen LogP contribution is 2.16. The third-order valence-electron chi connectivity index (χ3n) is 2.46. The fourth-order valence-electron chi connectivity index (χ4n) is 1.29. The van der Waals surface area contributed by atoms with Crippen molar-refractivity contribution < 1.29 is 13.2 Å². The van der Waals surface area contributed by atoms with Crippen LogP contribution in [0.25, 0.3) is 0 Å². The number of likely N-dealkylation sites (N-methyl/N-ethyl adjacent to an activating group) is 1. The van der Waals surface area contributed by atoms with Crippen LogP contribution in [0.5, 0.6) is 0 Å². The van der Waals surface area contributed by atoms with Crippen molar-refractivity contribution in [3.63, 3.8) is 0 Å². The molecule has 0 aliphatic heterocycles. The van der Waals surface area contributed by atoms with E-state index in [1.807, 2.05) is 0 Å². The van der Waals surface area contributed by atoms with Gasteiger partial charge >= 0.3 is 0 Å². The van der Waals surface area contributed by atoms with E-state index in [1.165, 1.54) is 36.8 Å². The Balaban J connectivity index is 2.98. The van der Waals surface area contributed by atoms with Crippen LogP contribution in [0.3, 0.4) is 0 Å². The van der Waals surface area contributed by atoms with E-state index in [9.17, 15) is 8.42 Å². The lowest BCUT2D eigenvalue weighted by molar-refractivity contribution is 0.149. The highest BCUT2D eigenvalue weighted by Gasteiger charge is 2.25. The van der Waals surface area contributed by atoms with E-state index in [1.54, 1.807) is 6.92 Å². The van der Waals surface area contributed by atoms with Gasteiger partial charge in [-0.1, -0.05) is 0 Å². The summed E-state index contributed by atoms with van der Waals surface area (Å²) in [5, 5.41) is 0. The summed E-state index contributed by atoms with van der Waals surface area (Å²) in [5.74, 6) is 0.288.